The van der Waals surface area contributed by atoms with Gasteiger partial charge in [0.15, 0.2) is 5.69 Å². The molecule has 16 heavy (non-hydrogen) atoms. The molecule has 6 heteroatoms. The van der Waals surface area contributed by atoms with Gasteiger partial charge in [-0.15, -0.1) is 5.10 Å². The summed E-state index contributed by atoms with van der Waals surface area (Å²) in [5.41, 5.74) is 0.0149. The predicted octanol–water partition coefficient (Wildman–Crippen LogP) is 0.461. The monoisotopic (exact) mass is 224 g/mol. The fraction of sp³-hybridized carbons (Fsp3) is 0.700. The standard InChI is InChI=1S/C10H16N4O2/c1-2-13-5-3-4-8(13)6-14-7-9(10(15)16)11-12-14/h7-8H,2-6H2,1H3,(H,15,16)/t8-/m0/s1. The van der Waals surface area contributed by atoms with E-state index in [2.05, 4.69) is 22.1 Å². The number of likely N-dealkylation sites (N-methyl/N-ethyl adjacent to an activating group) is 1. The average molecular weight is 224 g/mol. The Labute approximate surface area is 93.9 Å². The zero-order chi connectivity index (χ0) is 11.5. The van der Waals surface area contributed by atoms with Crippen molar-refractivity contribution in [3.63, 3.8) is 0 Å². The molecule has 1 fully saturated rings. The third-order valence-corrected chi connectivity index (χ3v) is 3.06. The zero-order valence-corrected chi connectivity index (χ0v) is 9.33. The Morgan fingerprint density at radius 2 is 2.50 bits per heavy atom. The average Bonchev–Trinajstić information content (AvgIpc) is 2.87. The normalized spacial score (nSPS) is 21.4. The van der Waals surface area contributed by atoms with Gasteiger partial charge in [-0.2, -0.15) is 0 Å². The van der Waals surface area contributed by atoms with E-state index in [1.807, 2.05) is 0 Å². The lowest BCUT2D eigenvalue weighted by molar-refractivity contribution is 0.0690. The molecule has 0 amide bonds. The lowest BCUT2D eigenvalue weighted by Gasteiger charge is -2.22. The predicted molar refractivity (Wildman–Crippen MR) is 57.3 cm³/mol. The van der Waals surface area contributed by atoms with E-state index in [0.717, 1.165) is 26.1 Å². The summed E-state index contributed by atoms with van der Waals surface area (Å²) in [6.45, 7) is 5.03. The summed E-state index contributed by atoms with van der Waals surface area (Å²) in [5.74, 6) is -1.02. The van der Waals surface area contributed by atoms with Crippen LogP contribution < -0.4 is 0 Å². The first-order valence-corrected chi connectivity index (χ1v) is 5.58. The van der Waals surface area contributed by atoms with Gasteiger partial charge in [0, 0.05) is 6.04 Å². The highest BCUT2D eigenvalue weighted by Gasteiger charge is 2.23. The van der Waals surface area contributed by atoms with Gasteiger partial charge in [0.1, 0.15) is 0 Å². The highest BCUT2D eigenvalue weighted by atomic mass is 16.4. The molecule has 0 aliphatic carbocycles. The van der Waals surface area contributed by atoms with E-state index in [-0.39, 0.29) is 5.69 Å². The zero-order valence-electron chi connectivity index (χ0n) is 9.33. The van der Waals surface area contributed by atoms with Crippen molar-refractivity contribution in [1.82, 2.24) is 19.9 Å². The van der Waals surface area contributed by atoms with E-state index >= 15 is 0 Å². The molecule has 6 nitrogen and oxygen atoms in total. The number of carboxylic acids is 1. The second-order valence-electron chi connectivity index (χ2n) is 4.06. The second-order valence-corrected chi connectivity index (χ2v) is 4.06. The maximum atomic E-state index is 10.6. The van der Waals surface area contributed by atoms with E-state index in [0.29, 0.717) is 6.04 Å². The molecule has 88 valence electrons. The van der Waals surface area contributed by atoms with Crippen LogP contribution in [0.5, 0.6) is 0 Å². The Kier molecular flexibility index (Phi) is 3.19. The molecule has 0 unspecified atom stereocenters. The summed E-state index contributed by atoms with van der Waals surface area (Å²) in [7, 11) is 0. The summed E-state index contributed by atoms with van der Waals surface area (Å²) in [5, 5.41) is 16.2. The number of aromatic carboxylic acids is 1. The van der Waals surface area contributed by atoms with Crippen LogP contribution in [0.3, 0.4) is 0 Å². The smallest absolute Gasteiger partial charge is 0.358 e. The van der Waals surface area contributed by atoms with Crippen molar-refractivity contribution in [1.29, 1.82) is 0 Å². The van der Waals surface area contributed by atoms with E-state index in [9.17, 15) is 4.79 Å². The van der Waals surface area contributed by atoms with Crippen molar-refractivity contribution in [3.8, 4) is 0 Å². The topological polar surface area (TPSA) is 71.2 Å². The molecule has 1 aromatic heterocycles. The van der Waals surface area contributed by atoms with Crippen LogP contribution in [0.2, 0.25) is 0 Å². The van der Waals surface area contributed by atoms with Crippen LogP contribution in [0.25, 0.3) is 0 Å². The molecule has 1 atom stereocenters. The summed E-state index contributed by atoms with van der Waals surface area (Å²) in [4.78, 5) is 13.0. The highest BCUT2D eigenvalue weighted by molar-refractivity contribution is 5.84. The number of hydrogen-bond acceptors (Lipinski definition) is 4. The van der Waals surface area contributed by atoms with Gasteiger partial charge in [-0.1, -0.05) is 12.1 Å². The number of aromatic nitrogens is 3. The van der Waals surface area contributed by atoms with Gasteiger partial charge in [-0.05, 0) is 25.9 Å². The molecule has 2 rings (SSSR count). The molecule has 0 radical (unpaired) electrons. The fourth-order valence-corrected chi connectivity index (χ4v) is 2.22. The number of nitrogens with zero attached hydrogens (tertiary/aromatic N) is 4. The summed E-state index contributed by atoms with van der Waals surface area (Å²) >= 11 is 0. The van der Waals surface area contributed by atoms with Gasteiger partial charge in [0.05, 0.1) is 12.7 Å². The summed E-state index contributed by atoms with van der Waals surface area (Å²) < 4.78 is 1.63. The van der Waals surface area contributed by atoms with Crippen molar-refractivity contribution < 1.29 is 9.90 Å². The summed E-state index contributed by atoms with van der Waals surface area (Å²) in [6, 6.07) is 0.466. The quantitative estimate of drug-likeness (QED) is 0.804. The minimum absolute atomic E-state index is 0.0149. The van der Waals surface area contributed by atoms with E-state index in [1.165, 1.54) is 12.6 Å². The number of rotatable bonds is 4. The van der Waals surface area contributed by atoms with Gasteiger partial charge in [-0.25, -0.2) is 4.79 Å². The van der Waals surface area contributed by atoms with Crippen LogP contribution in [0.4, 0.5) is 0 Å². The maximum Gasteiger partial charge on any atom is 0.358 e. The third-order valence-electron chi connectivity index (χ3n) is 3.06. The molecular formula is C10H16N4O2. The lowest BCUT2D eigenvalue weighted by Crippen LogP contribution is -2.32. The van der Waals surface area contributed by atoms with Crippen molar-refractivity contribution in [3.05, 3.63) is 11.9 Å². The summed E-state index contributed by atoms with van der Waals surface area (Å²) in [6.07, 6.45) is 3.85. The minimum atomic E-state index is -1.02. The molecule has 1 aromatic rings. The van der Waals surface area contributed by atoms with E-state index in [4.69, 9.17) is 5.11 Å². The van der Waals surface area contributed by atoms with Crippen LogP contribution >= 0.6 is 0 Å². The second kappa shape index (κ2) is 4.61. The first kappa shape index (κ1) is 11.1. The van der Waals surface area contributed by atoms with E-state index < -0.39 is 5.97 Å². The van der Waals surface area contributed by atoms with Crippen molar-refractivity contribution in [2.45, 2.75) is 32.4 Å². The fourth-order valence-electron chi connectivity index (χ4n) is 2.22. The number of carboxylic acid groups (broad SMARTS) is 1. The first-order valence-electron chi connectivity index (χ1n) is 5.58. The van der Waals surface area contributed by atoms with Gasteiger partial charge in [-0.3, -0.25) is 9.58 Å². The van der Waals surface area contributed by atoms with Crippen molar-refractivity contribution in [2.24, 2.45) is 0 Å². The van der Waals surface area contributed by atoms with Gasteiger partial charge in [0.25, 0.3) is 0 Å². The van der Waals surface area contributed by atoms with Crippen LogP contribution in [-0.2, 0) is 6.54 Å². The van der Waals surface area contributed by atoms with Crippen LogP contribution in [0, 0.1) is 0 Å². The number of hydrogen-bond donors (Lipinski definition) is 1. The molecule has 1 N–H and O–H groups in total. The molecule has 0 saturated carbocycles. The van der Waals surface area contributed by atoms with Gasteiger partial charge < -0.3 is 5.11 Å². The molecular weight excluding hydrogens is 208 g/mol. The molecule has 1 aliphatic rings. The highest BCUT2D eigenvalue weighted by Crippen LogP contribution is 2.17. The van der Waals surface area contributed by atoms with Crippen molar-refractivity contribution in [2.75, 3.05) is 13.1 Å². The lowest BCUT2D eigenvalue weighted by atomic mass is 10.2. The number of carbonyl (C=O) groups is 1. The van der Waals surface area contributed by atoms with Crippen LogP contribution in [0.15, 0.2) is 6.20 Å². The Balaban J connectivity index is 2.00. The van der Waals surface area contributed by atoms with Gasteiger partial charge >= 0.3 is 5.97 Å². The Morgan fingerprint density at radius 1 is 1.69 bits per heavy atom. The Hall–Kier alpha value is -1.43. The first-order chi connectivity index (χ1) is 7.70. The molecule has 0 aromatic carbocycles. The molecule has 0 bridgehead atoms. The SMILES string of the molecule is CCN1CCC[C@H]1Cn1cc(C(=O)O)nn1. The Bertz CT molecular complexity index is 377. The molecule has 1 aliphatic heterocycles. The van der Waals surface area contributed by atoms with Crippen LogP contribution in [-0.4, -0.2) is 50.1 Å². The third kappa shape index (κ3) is 2.21. The largest absolute Gasteiger partial charge is 0.476 e. The van der Waals surface area contributed by atoms with Crippen molar-refractivity contribution >= 4 is 5.97 Å². The minimum Gasteiger partial charge on any atom is -0.476 e. The van der Waals surface area contributed by atoms with Crippen LogP contribution in [0.1, 0.15) is 30.3 Å². The maximum absolute atomic E-state index is 10.6. The van der Waals surface area contributed by atoms with Gasteiger partial charge in [0.2, 0.25) is 0 Å². The molecule has 2 heterocycles. The molecule has 0 spiro atoms. The Morgan fingerprint density at radius 3 is 3.12 bits per heavy atom. The molecule has 1 saturated heterocycles. The number of likely N-dealkylation sites (tertiary alicyclic amines) is 1. The van der Waals surface area contributed by atoms with E-state index in [1.54, 1.807) is 4.68 Å².